The van der Waals surface area contributed by atoms with Crippen molar-refractivity contribution in [3.05, 3.63) is 11.8 Å². The Morgan fingerprint density at radius 1 is 1.50 bits per heavy atom. The second kappa shape index (κ2) is 6.35. The van der Waals surface area contributed by atoms with E-state index in [4.69, 9.17) is 10.5 Å². The van der Waals surface area contributed by atoms with E-state index in [0.717, 1.165) is 31.5 Å². The van der Waals surface area contributed by atoms with E-state index in [1.807, 2.05) is 17.7 Å². The Hall–Kier alpha value is -1.93. The maximum atomic E-state index is 13.1. The van der Waals surface area contributed by atoms with Gasteiger partial charge < -0.3 is 20.7 Å². The van der Waals surface area contributed by atoms with Crippen LogP contribution < -0.4 is 11.1 Å². The smallest absolute Gasteiger partial charge is 0.232 e. The summed E-state index contributed by atoms with van der Waals surface area (Å²) in [5, 5.41) is 7.43. The minimum atomic E-state index is -0.501. The number of carbonyl (C=O) groups is 2. The van der Waals surface area contributed by atoms with E-state index >= 15 is 0 Å². The third kappa shape index (κ3) is 2.54. The maximum Gasteiger partial charge on any atom is 0.232 e. The quantitative estimate of drug-likeness (QED) is 0.768. The topological polar surface area (TPSA) is 102 Å². The van der Waals surface area contributed by atoms with Gasteiger partial charge in [0, 0.05) is 25.7 Å². The molecule has 0 saturated carbocycles. The molecule has 4 atom stereocenters. The normalized spacial score (nSPS) is 32.3. The van der Waals surface area contributed by atoms with Crippen LogP contribution >= 0.6 is 0 Å². The summed E-state index contributed by atoms with van der Waals surface area (Å²) in [5.41, 5.74) is 6.00. The molecule has 142 valence electrons. The zero-order valence-corrected chi connectivity index (χ0v) is 15.4. The number of aromatic nitrogens is 2. The molecule has 3 aliphatic rings. The molecule has 3 fully saturated rings. The fourth-order valence-corrected chi connectivity index (χ4v) is 4.92. The molecule has 8 nitrogen and oxygen atoms in total. The van der Waals surface area contributed by atoms with Crippen LogP contribution in [-0.2, 0) is 20.9 Å². The van der Waals surface area contributed by atoms with Crippen molar-refractivity contribution in [2.75, 3.05) is 25.0 Å². The number of amides is 2. The largest absolute Gasteiger partial charge is 0.368 e. The van der Waals surface area contributed by atoms with Gasteiger partial charge in [-0.25, -0.2) is 4.68 Å². The lowest BCUT2D eigenvalue weighted by molar-refractivity contribution is -0.136. The van der Waals surface area contributed by atoms with Crippen LogP contribution in [-0.4, -0.2) is 57.8 Å². The van der Waals surface area contributed by atoms with Crippen LogP contribution in [0.15, 0.2) is 6.07 Å². The van der Waals surface area contributed by atoms with Crippen molar-refractivity contribution >= 4 is 17.6 Å². The first-order chi connectivity index (χ1) is 12.5. The van der Waals surface area contributed by atoms with Crippen LogP contribution in [0.3, 0.4) is 0 Å². The number of nitrogens with one attached hydrogen (secondary N) is 1. The van der Waals surface area contributed by atoms with Gasteiger partial charge in [0.15, 0.2) is 0 Å². The number of nitrogens with two attached hydrogens (primary N) is 1. The molecular weight excluding hydrogens is 334 g/mol. The van der Waals surface area contributed by atoms with Gasteiger partial charge in [-0.2, -0.15) is 5.10 Å². The predicted octanol–water partition coefficient (Wildman–Crippen LogP) is 0.505. The Labute approximate surface area is 153 Å². The van der Waals surface area contributed by atoms with Gasteiger partial charge in [0.1, 0.15) is 5.82 Å². The average Bonchev–Trinajstić information content (AvgIpc) is 3.30. The number of carbonyl (C=O) groups excluding carboxylic acids is 2. The molecule has 0 aromatic carbocycles. The van der Waals surface area contributed by atoms with Gasteiger partial charge in [-0.05, 0) is 26.2 Å². The summed E-state index contributed by atoms with van der Waals surface area (Å²) >= 11 is 0. The number of rotatable bonds is 6. The molecular formula is C18H27N5O3. The van der Waals surface area contributed by atoms with Crippen LogP contribution in [0, 0.1) is 18.8 Å². The van der Waals surface area contributed by atoms with E-state index in [1.165, 1.54) is 0 Å². The van der Waals surface area contributed by atoms with Crippen molar-refractivity contribution in [3.8, 4) is 0 Å². The van der Waals surface area contributed by atoms with Crippen molar-refractivity contribution in [1.82, 2.24) is 14.7 Å². The molecule has 0 radical (unpaired) electrons. The lowest BCUT2D eigenvalue weighted by Gasteiger charge is -2.27. The molecule has 3 N–H and O–H groups in total. The highest BCUT2D eigenvalue weighted by Gasteiger charge is 2.68. The minimum Gasteiger partial charge on any atom is -0.368 e. The summed E-state index contributed by atoms with van der Waals surface area (Å²) in [6.07, 6.45) is 2.42. The van der Waals surface area contributed by atoms with E-state index < -0.39 is 17.4 Å². The van der Waals surface area contributed by atoms with Gasteiger partial charge in [-0.3, -0.25) is 9.59 Å². The summed E-state index contributed by atoms with van der Waals surface area (Å²) in [5.74, 6) is -0.269. The molecule has 2 bridgehead atoms. The summed E-state index contributed by atoms with van der Waals surface area (Å²) in [6, 6.07) is 1.87. The molecule has 8 heteroatoms. The number of hydrogen-bond acceptors (Lipinski definition) is 5. The minimum absolute atomic E-state index is 0.0102. The van der Waals surface area contributed by atoms with Crippen LogP contribution in [0.2, 0.25) is 0 Å². The first kappa shape index (κ1) is 17.5. The highest BCUT2D eigenvalue weighted by Crippen LogP contribution is 2.55. The van der Waals surface area contributed by atoms with Gasteiger partial charge in [-0.1, -0.05) is 6.92 Å². The molecule has 1 aromatic heterocycles. The third-order valence-electron chi connectivity index (χ3n) is 5.89. The highest BCUT2D eigenvalue weighted by atomic mass is 16.5. The summed E-state index contributed by atoms with van der Waals surface area (Å²) in [4.78, 5) is 27.7. The fraction of sp³-hybridized carbons (Fsp3) is 0.722. The van der Waals surface area contributed by atoms with Crippen LogP contribution in [0.5, 0.6) is 0 Å². The zero-order valence-electron chi connectivity index (χ0n) is 15.4. The van der Waals surface area contributed by atoms with Crippen LogP contribution in [0.25, 0.3) is 0 Å². The van der Waals surface area contributed by atoms with Crippen LogP contribution in [0.1, 0.15) is 31.9 Å². The van der Waals surface area contributed by atoms with E-state index in [2.05, 4.69) is 17.3 Å². The number of hydrogen-bond donors (Lipinski definition) is 2. The number of nitrogens with zero attached hydrogens (tertiary/aromatic N) is 3. The monoisotopic (exact) mass is 361 g/mol. The van der Waals surface area contributed by atoms with Crippen molar-refractivity contribution in [3.63, 3.8) is 0 Å². The molecule has 26 heavy (non-hydrogen) atoms. The Kier molecular flexibility index (Phi) is 4.27. The maximum absolute atomic E-state index is 13.1. The van der Waals surface area contributed by atoms with Crippen molar-refractivity contribution in [1.29, 1.82) is 0 Å². The van der Waals surface area contributed by atoms with E-state index in [-0.39, 0.29) is 17.9 Å². The van der Waals surface area contributed by atoms with Gasteiger partial charge in [0.25, 0.3) is 0 Å². The van der Waals surface area contributed by atoms with E-state index in [9.17, 15) is 9.59 Å². The van der Waals surface area contributed by atoms with Crippen molar-refractivity contribution in [2.45, 2.75) is 51.4 Å². The Balaban J connectivity index is 1.56. The van der Waals surface area contributed by atoms with Gasteiger partial charge in [-0.15, -0.1) is 0 Å². The molecule has 1 spiro atoms. The number of anilines is 1. The summed E-state index contributed by atoms with van der Waals surface area (Å²) in [7, 11) is 0. The second-order valence-corrected chi connectivity index (χ2v) is 7.70. The number of fused-ring (bicyclic) bond motifs is 1. The first-order valence-electron chi connectivity index (χ1n) is 9.51. The van der Waals surface area contributed by atoms with Gasteiger partial charge in [0.05, 0.1) is 35.8 Å². The molecule has 3 aliphatic heterocycles. The Morgan fingerprint density at radius 2 is 2.31 bits per heavy atom. The number of aryl methyl sites for hydroxylation is 2. The van der Waals surface area contributed by atoms with Crippen molar-refractivity contribution < 1.29 is 14.3 Å². The lowest BCUT2D eigenvalue weighted by Crippen LogP contribution is -2.43. The predicted molar refractivity (Wildman–Crippen MR) is 95.3 cm³/mol. The molecule has 3 saturated heterocycles. The second-order valence-electron chi connectivity index (χ2n) is 7.70. The third-order valence-corrected chi connectivity index (χ3v) is 5.89. The molecule has 0 unspecified atom stereocenters. The fourth-order valence-electron chi connectivity index (χ4n) is 4.92. The average molecular weight is 361 g/mol. The highest BCUT2D eigenvalue weighted by molar-refractivity contribution is 5.98. The van der Waals surface area contributed by atoms with Gasteiger partial charge >= 0.3 is 0 Å². The Bertz CT molecular complexity index is 732. The van der Waals surface area contributed by atoms with Gasteiger partial charge in [0.2, 0.25) is 11.8 Å². The molecule has 2 amide bonds. The summed E-state index contributed by atoms with van der Waals surface area (Å²) < 4.78 is 8.01. The molecule has 4 heterocycles. The standard InChI is InChI=1S/C18H27N5O3/c1-3-7-23-13(9-11(2)21-23)20-16(24)14-12-4-5-18(26-12)10-22(8-6-19)17(25)15(14)18/h9,12,14-15H,3-8,10,19H2,1-2H3,(H,20,24)/t12-,14-,15+,18-/m0/s1. The number of likely N-dealkylation sites (tertiary alicyclic amines) is 1. The van der Waals surface area contributed by atoms with E-state index in [1.54, 1.807) is 4.90 Å². The molecule has 4 rings (SSSR count). The van der Waals surface area contributed by atoms with Crippen LogP contribution in [0.4, 0.5) is 5.82 Å². The zero-order chi connectivity index (χ0) is 18.5. The summed E-state index contributed by atoms with van der Waals surface area (Å²) in [6.45, 7) is 6.21. The Morgan fingerprint density at radius 3 is 3.04 bits per heavy atom. The first-order valence-corrected chi connectivity index (χ1v) is 9.51. The van der Waals surface area contributed by atoms with Crippen molar-refractivity contribution in [2.24, 2.45) is 17.6 Å². The molecule has 0 aliphatic carbocycles. The SMILES string of the molecule is CCCn1nc(C)cc1NC(=O)[C@H]1[C@@H]2CC[C@@]3(CN(CCN)C(=O)[C@@H]13)O2. The lowest BCUT2D eigenvalue weighted by atomic mass is 9.73. The molecule has 1 aromatic rings. The van der Waals surface area contributed by atoms with E-state index in [0.29, 0.717) is 25.5 Å². The number of ether oxygens (including phenoxy) is 1.